The van der Waals surface area contributed by atoms with E-state index in [0.29, 0.717) is 5.01 Å². The molecule has 5 heteroatoms. The Bertz CT molecular complexity index is 308. The monoisotopic (exact) mass is 247 g/mol. The first-order valence-corrected chi connectivity index (χ1v) is 5.09. The molecule has 0 bridgehead atoms. The molecule has 0 saturated heterocycles. The summed E-state index contributed by atoms with van der Waals surface area (Å²) in [4.78, 5) is 14.6. The lowest BCUT2D eigenvalue weighted by molar-refractivity contribution is 0.0702. The lowest BCUT2D eigenvalue weighted by atomic mass is 10.5. The average Bonchev–Trinajstić information content (AvgIpc) is 2.48. The molecule has 1 rings (SSSR count). The van der Waals surface area contributed by atoms with E-state index in [9.17, 15) is 4.79 Å². The third-order valence-electron chi connectivity index (χ3n) is 1.08. The maximum atomic E-state index is 10.4. The molecule has 0 aliphatic heterocycles. The molecule has 0 atom stereocenters. The molecule has 1 N–H and O–H groups in total. The summed E-state index contributed by atoms with van der Waals surface area (Å²) in [5.41, 5.74) is 0. The molecule has 0 aromatic carbocycles. The standard InChI is InChI=1S/C7H6BrNO2S/c8-3-1-2-6-9-4-5(12-6)7(10)11/h1-2,4H,3H2,(H,10,11). The Morgan fingerprint density at radius 2 is 2.58 bits per heavy atom. The van der Waals surface area contributed by atoms with Crippen LogP contribution in [0.15, 0.2) is 12.3 Å². The molecular formula is C7H6BrNO2S. The van der Waals surface area contributed by atoms with E-state index in [1.807, 2.05) is 6.08 Å². The first kappa shape index (κ1) is 9.41. The van der Waals surface area contributed by atoms with Crippen LogP contribution in [0.4, 0.5) is 0 Å². The molecule has 0 amide bonds. The topological polar surface area (TPSA) is 50.2 Å². The van der Waals surface area contributed by atoms with Crippen molar-refractivity contribution in [1.29, 1.82) is 0 Å². The minimum atomic E-state index is -0.925. The van der Waals surface area contributed by atoms with Crippen LogP contribution in [0.1, 0.15) is 14.7 Å². The Balaban J connectivity index is 2.77. The zero-order valence-corrected chi connectivity index (χ0v) is 8.43. The van der Waals surface area contributed by atoms with Gasteiger partial charge in [-0.05, 0) is 6.08 Å². The zero-order valence-electron chi connectivity index (χ0n) is 6.03. The Labute approximate surface area is 81.9 Å². The summed E-state index contributed by atoms with van der Waals surface area (Å²) in [6.07, 6.45) is 5.01. The van der Waals surface area contributed by atoms with Crippen molar-refractivity contribution in [2.75, 3.05) is 5.33 Å². The van der Waals surface area contributed by atoms with Crippen LogP contribution in [0.25, 0.3) is 6.08 Å². The second-order valence-corrected chi connectivity index (χ2v) is 3.63. The summed E-state index contributed by atoms with van der Waals surface area (Å²) in [7, 11) is 0. The Morgan fingerprint density at radius 1 is 1.83 bits per heavy atom. The highest BCUT2D eigenvalue weighted by atomic mass is 79.9. The number of carbonyl (C=O) groups is 1. The maximum Gasteiger partial charge on any atom is 0.347 e. The summed E-state index contributed by atoms with van der Waals surface area (Å²) in [5, 5.41) is 10.0. The number of hydrogen-bond donors (Lipinski definition) is 1. The number of carboxylic acid groups (broad SMARTS) is 1. The zero-order chi connectivity index (χ0) is 8.97. The second kappa shape index (κ2) is 4.37. The van der Waals surface area contributed by atoms with Crippen LogP contribution in [0.3, 0.4) is 0 Å². The average molecular weight is 248 g/mol. The van der Waals surface area contributed by atoms with Gasteiger partial charge in [-0.3, -0.25) is 0 Å². The number of rotatable bonds is 3. The molecule has 0 aliphatic rings. The first-order valence-electron chi connectivity index (χ1n) is 3.15. The van der Waals surface area contributed by atoms with E-state index >= 15 is 0 Å². The Hall–Kier alpha value is -0.680. The molecule has 1 heterocycles. The van der Waals surface area contributed by atoms with Gasteiger partial charge in [0.15, 0.2) is 0 Å². The predicted octanol–water partition coefficient (Wildman–Crippen LogP) is 2.25. The number of carboxylic acids is 1. The lowest BCUT2D eigenvalue weighted by Gasteiger charge is -1.80. The van der Waals surface area contributed by atoms with Gasteiger partial charge in [0.1, 0.15) is 9.88 Å². The largest absolute Gasteiger partial charge is 0.477 e. The smallest absolute Gasteiger partial charge is 0.347 e. The normalized spacial score (nSPS) is 10.8. The summed E-state index contributed by atoms with van der Waals surface area (Å²) in [6.45, 7) is 0. The van der Waals surface area contributed by atoms with Crippen molar-refractivity contribution in [1.82, 2.24) is 4.98 Å². The predicted molar refractivity (Wildman–Crippen MR) is 51.9 cm³/mol. The molecule has 1 aromatic rings. The van der Waals surface area contributed by atoms with Gasteiger partial charge in [0.2, 0.25) is 0 Å². The van der Waals surface area contributed by atoms with Crippen molar-refractivity contribution >= 4 is 39.3 Å². The van der Waals surface area contributed by atoms with Crippen molar-refractivity contribution in [3.63, 3.8) is 0 Å². The lowest BCUT2D eigenvalue weighted by Crippen LogP contribution is -1.89. The van der Waals surface area contributed by atoms with Crippen LogP contribution in [0.2, 0.25) is 0 Å². The van der Waals surface area contributed by atoms with Gasteiger partial charge in [-0.25, -0.2) is 9.78 Å². The SMILES string of the molecule is O=C(O)c1cnc(C=CCBr)s1. The summed E-state index contributed by atoms with van der Waals surface area (Å²) < 4.78 is 0. The van der Waals surface area contributed by atoms with Crippen molar-refractivity contribution < 1.29 is 9.90 Å². The summed E-state index contributed by atoms with van der Waals surface area (Å²) >= 11 is 4.38. The fourth-order valence-corrected chi connectivity index (χ4v) is 1.48. The fourth-order valence-electron chi connectivity index (χ4n) is 0.609. The number of aromatic nitrogens is 1. The van der Waals surface area contributed by atoms with Crippen LogP contribution < -0.4 is 0 Å². The quantitative estimate of drug-likeness (QED) is 0.834. The van der Waals surface area contributed by atoms with E-state index < -0.39 is 5.97 Å². The van der Waals surface area contributed by atoms with Gasteiger partial charge >= 0.3 is 5.97 Å². The van der Waals surface area contributed by atoms with E-state index in [4.69, 9.17) is 5.11 Å². The third kappa shape index (κ3) is 2.42. The first-order chi connectivity index (χ1) is 5.74. The minimum Gasteiger partial charge on any atom is -0.477 e. The van der Waals surface area contributed by atoms with Crippen LogP contribution in [0.5, 0.6) is 0 Å². The summed E-state index contributed by atoms with van der Waals surface area (Å²) in [5.74, 6) is -0.925. The van der Waals surface area contributed by atoms with E-state index in [1.54, 1.807) is 6.08 Å². The Kier molecular flexibility index (Phi) is 3.43. The number of thiazole rings is 1. The van der Waals surface area contributed by atoms with Gasteiger partial charge in [0, 0.05) is 5.33 Å². The highest BCUT2D eigenvalue weighted by Crippen LogP contribution is 2.13. The van der Waals surface area contributed by atoms with Crippen molar-refractivity contribution in [3.8, 4) is 0 Å². The number of allylic oxidation sites excluding steroid dienone is 1. The molecule has 0 spiro atoms. The molecule has 64 valence electrons. The summed E-state index contributed by atoms with van der Waals surface area (Å²) in [6, 6.07) is 0. The molecule has 0 aliphatic carbocycles. The van der Waals surface area contributed by atoms with Crippen LogP contribution in [-0.4, -0.2) is 21.4 Å². The number of alkyl halides is 1. The minimum absolute atomic E-state index is 0.268. The highest BCUT2D eigenvalue weighted by Gasteiger charge is 2.05. The molecule has 12 heavy (non-hydrogen) atoms. The second-order valence-electron chi connectivity index (χ2n) is 1.92. The van der Waals surface area contributed by atoms with E-state index in [2.05, 4.69) is 20.9 Å². The van der Waals surface area contributed by atoms with E-state index in [0.717, 1.165) is 16.7 Å². The number of nitrogens with zero attached hydrogens (tertiary/aromatic N) is 1. The van der Waals surface area contributed by atoms with E-state index in [1.165, 1.54) is 6.20 Å². The van der Waals surface area contributed by atoms with Crippen molar-refractivity contribution in [3.05, 3.63) is 22.2 Å². The van der Waals surface area contributed by atoms with Crippen molar-refractivity contribution in [2.45, 2.75) is 0 Å². The van der Waals surface area contributed by atoms with Gasteiger partial charge < -0.3 is 5.11 Å². The van der Waals surface area contributed by atoms with Crippen molar-refractivity contribution in [2.24, 2.45) is 0 Å². The number of halogens is 1. The van der Waals surface area contributed by atoms with E-state index in [-0.39, 0.29) is 4.88 Å². The van der Waals surface area contributed by atoms with Gasteiger partial charge in [-0.1, -0.05) is 22.0 Å². The van der Waals surface area contributed by atoms with Gasteiger partial charge in [0.25, 0.3) is 0 Å². The molecule has 0 unspecified atom stereocenters. The highest BCUT2D eigenvalue weighted by molar-refractivity contribution is 9.09. The molecule has 0 fully saturated rings. The fraction of sp³-hybridized carbons (Fsp3) is 0.143. The number of aromatic carboxylic acids is 1. The molecule has 0 saturated carbocycles. The van der Waals surface area contributed by atoms with Gasteiger partial charge in [-0.15, -0.1) is 11.3 Å². The van der Waals surface area contributed by atoms with Crippen LogP contribution >= 0.6 is 27.3 Å². The molecule has 0 radical (unpaired) electrons. The maximum absolute atomic E-state index is 10.4. The van der Waals surface area contributed by atoms with Crippen LogP contribution in [-0.2, 0) is 0 Å². The Morgan fingerprint density at radius 3 is 3.08 bits per heavy atom. The molecule has 3 nitrogen and oxygen atoms in total. The van der Waals surface area contributed by atoms with Crippen LogP contribution in [0, 0.1) is 0 Å². The number of hydrogen-bond acceptors (Lipinski definition) is 3. The third-order valence-corrected chi connectivity index (χ3v) is 2.41. The van der Waals surface area contributed by atoms with Gasteiger partial charge in [0.05, 0.1) is 6.20 Å². The molecule has 1 aromatic heterocycles. The van der Waals surface area contributed by atoms with Gasteiger partial charge in [-0.2, -0.15) is 0 Å². The molecular weight excluding hydrogens is 242 g/mol.